The van der Waals surface area contributed by atoms with Crippen LogP contribution < -0.4 is 10.1 Å². The first-order valence-corrected chi connectivity index (χ1v) is 5.10. The summed E-state index contributed by atoms with van der Waals surface area (Å²) in [6.07, 6.45) is 7.21. The molecule has 3 heteroatoms. The Morgan fingerprint density at radius 2 is 2.57 bits per heavy atom. The number of hydrogen-bond donors (Lipinski definition) is 1. The van der Waals surface area contributed by atoms with Gasteiger partial charge in [0.25, 0.3) is 0 Å². The molecular formula is C11H16N2O. The van der Waals surface area contributed by atoms with Crippen LogP contribution in [-0.2, 0) is 6.42 Å². The molecule has 1 aliphatic heterocycles. The minimum atomic E-state index is 0.617. The molecule has 1 atom stereocenters. The van der Waals surface area contributed by atoms with Crippen molar-refractivity contribution < 1.29 is 4.74 Å². The highest BCUT2D eigenvalue weighted by atomic mass is 16.5. The molecule has 1 aromatic rings. The van der Waals surface area contributed by atoms with Gasteiger partial charge in [0.05, 0.1) is 13.3 Å². The summed E-state index contributed by atoms with van der Waals surface area (Å²) in [4.78, 5) is 4.05. The van der Waals surface area contributed by atoms with Gasteiger partial charge in [0.1, 0.15) is 5.75 Å². The molecular weight excluding hydrogens is 176 g/mol. The monoisotopic (exact) mass is 192 g/mol. The number of nitrogens with one attached hydrogen (secondary N) is 1. The fourth-order valence-corrected chi connectivity index (χ4v) is 1.96. The van der Waals surface area contributed by atoms with Crippen molar-refractivity contribution in [2.45, 2.75) is 25.3 Å². The molecule has 2 rings (SSSR count). The lowest BCUT2D eigenvalue weighted by molar-refractivity contribution is 0.405. The second-order valence-corrected chi connectivity index (χ2v) is 3.68. The Bertz CT molecular complexity index is 295. The van der Waals surface area contributed by atoms with Gasteiger partial charge < -0.3 is 10.1 Å². The van der Waals surface area contributed by atoms with Crippen molar-refractivity contribution in [1.29, 1.82) is 0 Å². The maximum Gasteiger partial charge on any atom is 0.140 e. The molecule has 0 amide bonds. The number of aromatic nitrogens is 1. The Morgan fingerprint density at radius 3 is 3.29 bits per heavy atom. The largest absolute Gasteiger partial charge is 0.495 e. The third-order valence-corrected chi connectivity index (χ3v) is 2.72. The predicted octanol–water partition coefficient (Wildman–Crippen LogP) is 1.38. The second kappa shape index (κ2) is 4.42. The van der Waals surface area contributed by atoms with Gasteiger partial charge in [0, 0.05) is 12.2 Å². The fraction of sp³-hybridized carbons (Fsp3) is 0.545. The van der Waals surface area contributed by atoms with Gasteiger partial charge in [-0.15, -0.1) is 0 Å². The van der Waals surface area contributed by atoms with Crippen molar-refractivity contribution in [2.75, 3.05) is 13.7 Å². The molecule has 0 aromatic carbocycles. The van der Waals surface area contributed by atoms with Crippen molar-refractivity contribution in [3.05, 3.63) is 24.0 Å². The number of pyridine rings is 1. The van der Waals surface area contributed by atoms with Crippen LogP contribution in [-0.4, -0.2) is 24.7 Å². The van der Waals surface area contributed by atoms with E-state index in [1.54, 1.807) is 13.3 Å². The van der Waals surface area contributed by atoms with E-state index in [1.807, 2.05) is 12.3 Å². The number of ether oxygens (including phenoxy) is 1. The normalized spacial score (nSPS) is 21.1. The first-order valence-electron chi connectivity index (χ1n) is 5.10. The summed E-state index contributed by atoms with van der Waals surface area (Å²) in [5.41, 5.74) is 1.25. The van der Waals surface area contributed by atoms with E-state index in [4.69, 9.17) is 4.74 Å². The molecule has 0 radical (unpaired) electrons. The van der Waals surface area contributed by atoms with Crippen molar-refractivity contribution in [1.82, 2.24) is 10.3 Å². The molecule has 14 heavy (non-hydrogen) atoms. The number of nitrogens with zero attached hydrogens (tertiary/aromatic N) is 1. The molecule has 3 nitrogen and oxygen atoms in total. The zero-order valence-corrected chi connectivity index (χ0v) is 8.49. The molecule has 1 aliphatic rings. The second-order valence-electron chi connectivity index (χ2n) is 3.68. The van der Waals surface area contributed by atoms with E-state index in [0.29, 0.717) is 6.04 Å². The van der Waals surface area contributed by atoms with Crippen LogP contribution in [0.2, 0.25) is 0 Å². The van der Waals surface area contributed by atoms with Gasteiger partial charge in [-0.3, -0.25) is 4.98 Å². The zero-order valence-electron chi connectivity index (χ0n) is 8.49. The summed E-state index contributed by atoms with van der Waals surface area (Å²) < 4.78 is 5.27. The van der Waals surface area contributed by atoms with Crippen LogP contribution in [0.1, 0.15) is 18.4 Å². The van der Waals surface area contributed by atoms with E-state index >= 15 is 0 Å². The van der Waals surface area contributed by atoms with Gasteiger partial charge >= 0.3 is 0 Å². The SMILES string of the molecule is COc1cnccc1CC1CCCN1. The minimum absolute atomic E-state index is 0.617. The molecule has 1 aromatic heterocycles. The van der Waals surface area contributed by atoms with Crippen molar-refractivity contribution in [3.8, 4) is 5.75 Å². The van der Waals surface area contributed by atoms with Crippen LogP contribution in [0, 0.1) is 0 Å². The Morgan fingerprint density at radius 1 is 1.64 bits per heavy atom. The lowest BCUT2D eigenvalue weighted by Crippen LogP contribution is -2.23. The van der Waals surface area contributed by atoms with E-state index in [0.717, 1.165) is 18.7 Å². The van der Waals surface area contributed by atoms with Crippen LogP contribution in [0.25, 0.3) is 0 Å². The van der Waals surface area contributed by atoms with Gasteiger partial charge in [0.2, 0.25) is 0 Å². The summed E-state index contributed by atoms with van der Waals surface area (Å²) in [5.74, 6) is 0.904. The zero-order chi connectivity index (χ0) is 9.80. The maximum absolute atomic E-state index is 5.27. The predicted molar refractivity (Wildman–Crippen MR) is 55.5 cm³/mol. The van der Waals surface area contributed by atoms with Crippen molar-refractivity contribution in [3.63, 3.8) is 0 Å². The highest BCUT2D eigenvalue weighted by molar-refractivity contribution is 5.30. The number of rotatable bonds is 3. The van der Waals surface area contributed by atoms with E-state index in [9.17, 15) is 0 Å². The molecule has 1 N–H and O–H groups in total. The van der Waals surface area contributed by atoms with Crippen LogP contribution in [0.15, 0.2) is 18.5 Å². The summed E-state index contributed by atoms with van der Waals surface area (Å²) in [5, 5.41) is 3.48. The smallest absolute Gasteiger partial charge is 0.140 e. The highest BCUT2D eigenvalue weighted by Gasteiger charge is 2.16. The van der Waals surface area contributed by atoms with Crippen molar-refractivity contribution in [2.24, 2.45) is 0 Å². The Kier molecular flexibility index (Phi) is 2.99. The molecule has 1 fully saturated rings. The molecule has 0 aliphatic carbocycles. The van der Waals surface area contributed by atoms with Crippen LogP contribution in [0.3, 0.4) is 0 Å². The average Bonchev–Trinajstić information content (AvgIpc) is 2.71. The van der Waals surface area contributed by atoms with Gasteiger partial charge in [-0.05, 0) is 37.4 Å². The number of hydrogen-bond acceptors (Lipinski definition) is 3. The standard InChI is InChI=1S/C11H16N2O/c1-14-11-8-12-6-4-9(11)7-10-3-2-5-13-10/h4,6,8,10,13H,2-3,5,7H2,1H3. The van der Waals surface area contributed by atoms with Crippen LogP contribution in [0.4, 0.5) is 0 Å². The average molecular weight is 192 g/mol. The minimum Gasteiger partial charge on any atom is -0.495 e. The summed E-state index contributed by atoms with van der Waals surface area (Å²) in [6, 6.07) is 2.66. The molecule has 0 spiro atoms. The molecule has 76 valence electrons. The Balaban J connectivity index is 2.07. The van der Waals surface area contributed by atoms with Gasteiger partial charge in [-0.1, -0.05) is 0 Å². The third kappa shape index (κ3) is 2.04. The summed E-state index contributed by atoms with van der Waals surface area (Å²) in [7, 11) is 1.70. The Hall–Kier alpha value is -1.09. The van der Waals surface area contributed by atoms with Crippen molar-refractivity contribution >= 4 is 0 Å². The fourth-order valence-electron chi connectivity index (χ4n) is 1.96. The molecule has 0 bridgehead atoms. The summed E-state index contributed by atoms with van der Waals surface area (Å²) in [6.45, 7) is 1.15. The lowest BCUT2D eigenvalue weighted by Gasteiger charge is -2.12. The molecule has 1 unspecified atom stereocenters. The maximum atomic E-state index is 5.27. The first-order chi connectivity index (χ1) is 6.90. The molecule has 2 heterocycles. The summed E-state index contributed by atoms with van der Waals surface area (Å²) >= 11 is 0. The first kappa shape index (κ1) is 9.46. The highest BCUT2D eigenvalue weighted by Crippen LogP contribution is 2.20. The van der Waals surface area contributed by atoms with Gasteiger partial charge in [-0.25, -0.2) is 0 Å². The molecule has 0 saturated carbocycles. The van der Waals surface area contributed by atoms with E-state index in [1.165, 1.54) is 18.4 Å². The lowest BCUT2D eigenvalue weighted by atomic mass is 10.1. The quantitative estimate of drug-likeness (QED) is 0.785. The number of methoxy groups -OCH3 is 1. The van der Waals surface area contributed by atoms with Gasteiger partial charge in [0.15, 0.2) is 0 Å². The van der Waals surface area contributed by atoms with E-state index in [2.05, 4.69) is 10.3 Å². The van der Waals surface area contributed by atoms with E-state index < -0.39 is 0 Å². The van der Waals surface area contributed by atoms with E-state index in [-0.39, 0.29) is 0 Å². The third-order valence-electron chi connectivity index (χ3n) is 2.72. The van der Waals surface area contributed by atoms with Gasteiger partial charge in [-0.2, -0.15) is 0 Å². The van der Waals surface area contributed by atoms with Crippen LogP contribution in [0.5, 0.6) is 5.75 Å². The molecule has 1 saturated heterocycles. The topological polar surface area (TPSA) is 34.1 Å². The van der Waals surface area contributed by atoms with Crippen LogP contribution >= 0.6 is 0 Å². The Labute approximate surface area is 84.5 Å².